The number of fused-ring (bicyclic) bond motifs is 1. The van der Waals surface area contributed by atoms with E-state index in [0.717, 1.165) is 23.4 Å². The molecule has 0 unspecified atom stereocenters. The van der Waals surface area contributed by atoms with Gasteiger partial charge >= 0.3 is 6.09 Å². The molecule has 0 spiro atoms. The molecule has 2 aromatic rings. The van der Waals surface area contributed by atoms with Gasteiger partial charge in [-0.2, -0.15) is 5.26 Å². The Balaban J connectivity index is 1.77. The third kappa shape index (κ3) is 3.89. The SMILES string of the molecule is CC(C)(C)OC(=O)N1CCc2cc(Nc3cccc(C#N)n3)ccc21. The lowest BCUT2D eigenvalue weighted by atomic mass is 10.1. The van der Waals surface area contributed by atoms with Crippen molar-refractivity contribution in [3.05, 3.63) is 47.7 Å². The molecule has 0 atom stereocenters. The molecule has 6 heteroatoms. The van der Waals surface area contributed by atoms with Gasteiger partial charge in [0.05, 0.1) is 5.69 Å². The molecule has 6 nitrogen and oxygen atoms in total. The van der Waals surface area contributed by atoms with E-state index in [2.05, 4.69) is 10.3 Å². The van der Waals surface area contributed by atoms with Crippen LogP contribution in [0.2, 0.25) is 0 Å². The highest BCUT2D eigenvalue weighted by Gasteiger charge is 2.28. The number of ether oxygens (including phenoxy) is 1. The fourth-order valence-corrected chi connectivity index (χ4v) is 2.70. The molecule has 0 bridgehead atoms. The van der Waals surface area contributed by atoms with Crippen LogP contribution in [-0.4, -0.2) is 23.2 Å². The van der Waals surface area contributed by atoms with Crippen LogP contribution < -0.4 is 10.2 Å². The van der Waals surface area contributed by atoms with Gasteiger partial charge in [-0.25, -0.2) is 9.78 Å². The number of rotatable bonds is 2. The number of anilines is 3. The van der Waals surface area contributed by atoms with Crippen LogP contribution in [0, 0.1) is 11.3 Å². The smallest absolute Gasteiger partial charge is 0.414 e. The monoisotopic (exact) mass is 336 g/mol. The number of nitriles is 1. The van der Waals surface area contributed by atoms with Gasteiger partial charge in [0.2, 0.25) is 0 Å². The van der Waals surface area contributed by atoms with Crippen LogP contribution in [-0.2, 0) is 11.2 Å². The van der Waals surface area contributed by atoms with Crippen molar-refractivity contribution in [1.29, 1.82) is 5.26 Å². The molecule has 1 N–H and O–H groups in total. The molecule has 0 fully saturated rings. The van der Waals surface area contributed by atoms with Gasteiger partial charge in [-0.15, -0.1) is 0 Å². The molecule has 1 aromatic heterocycles. The number of hydrogen-bond donors (Lipinski definition) is 1. The van der Waals surface area contributed by atoms with E-state index < -0.39 is 5.60 Å². The standard InChI is InChI=1S/C19H20N4O2/c1-19(2,3)25-18(24)23-10-9-13-11-14(7-8-16(13)23)21-17-6-4-5-15(12-20)22-17/h4-8,11H,9-10H2,1-3H3,(H,21,22). The molecule has 128 valence electrons. The first kappa shape index (κ1) is 16.8. The van der Waals surface area contributed by atoms with E-state index in [1.54, 1.807) is 23.1 Å². The maximum absolute atomic E-state index is 12.3. The van der Waals surface area contributed by atoms with Crippen molar-refractivity contribution in [2.75, 3.05) is 16.8 Å². The van der Waals surface area contributed by atoms with Crippen LogP contribution in [0.25, 0.3) is 0 Å². The molecule has 2 heterocycles. The Morgan fingerprint density at radius 3 is 2.84 bits per heavy atom. The van der Waals surface area contributed by atoms with Crippen LogP contribution in [0.15, 0.2) is 36.4 Å². The van der Waals surface area contributed by atoms with Crippen LogP contribution in [0.1, 0.15) is 32.0 Å². The van der Waals surface area contributed by atoms with E-state index in [-0.39, 0.29) is 6.09 Å². The van der Waals surface area contributed by atoms with Crippen molar-refractivity contribution in [1.82, 2.24) is 4.98 Å². The van der Waals surface area contributed by atoms with E-state index in [4.69, 9.17) is 10.00 Å². The summed E-state index contributed by atoms with van der Waals surface area (Å²) < 4.78 is 5.46. The third-order valence-electron chi connectivity index (χ3n) is 3.72. The summed E-state index contributed by atoms with van der Waals surface area (Å²) in [7, 11) is 0. The minimum Gasteiger partial charge on any atom is -0.443 e. The Morgan fingerprint density at radius 1 is 1.32 bits per heavy atom. The number of benzene rings is 1. The molecule has 0 aliphatic carbocycles. The minimum atomic E-state index is -0.515. The first-order chi connectivity index (χ1) is 11.9. The second-order valence-electron chi connectivity index (χ2n) is 6.87. The molecule has 1 aliphatic heterocycles. The normalized spacial score (nSPS) is 13.1. The highest BCUT2D eigenvalue weighted by Crippen LogP contribution is 2.32. The lowest BCUT2D eigenvalue weighted by Crippen LogP contribution is -2.35. The minimum absolute atomic E-state index is 0.324. The van der Waals surface area contributed by atoms with Gasteiger partial charge in [0.1, 0.15) is 23.2 Å². The van der Waals surface area contributed by atoms with Crippen molar-refractivity contribution in [3.8, 4) is 6.07 Å². The molecule has 25 heavy (non-hydrogen) atoms. The van der Waals surface area contributed by atoms with Gasteiger partial charge in [0, 0.05) is 12.2 Å². The lowest BCUT2D eigenvalue weighted by molar-refractivity contribution is 0.0584. The predicted molar refractivity (Wildman–Crippen MR) is 96.0 cm³/mol. The summed E-state index contributed by atoms with van der Waals surface area (Å²) in [5.41, 5.74) is 2.67. The van der Waals surface area contributed by atoms with Gasteiger partial charge in [-0.05, 0) is 63.1 Å². The number of amides is 1. The summed E-state index contributed by atoms with van der Waals surface area (Å²) in [5, 5.41) is 12.1. The number of nitrogens with one attached hydrogen (secondary N) is 1. The van der Waals surface area contributed by atoms with Gasteiger partial charge in [0.15, 0.2) is 0 Å². The van der Waals surface area contributed by atoms with E-state index in [0.29, 0.717) is 18.1 Å². The van der Waals surface area contributed by atoms with Crippen molar-refractivity contribution in [2.45, 2.75) is 32.8 Å². The second-order valence-corrected chi connectivity index (χ2v) is 6.87. The first-order valence-corrected chi connectivity index (χ1v) is 8.13. The van der Waals surface area contributed by atoms with Crippen LogP contribution >= 0.6 is 0 Å². The van der Waals surface area contributed by atoms with Crippen LogP contribution in [0.5, 0.6) is 0 Å². The van der Waals surface area contributed by atoms with E-state index in [9.17, 15) is 4.79 Å². The van der Waals surface area contributed by atoms with Crippen molar-refractivity contribution in [2.24, 2.45) is 0 Å². The maximum atomic E-state index is 12.3. The summed E-state index contributed by atoms with van der Waals surface area (Å²) >= 11 is 0. The summed E-state index contributed by atoms with van der Waals surface area (Å²) in [5.74, 6) is 0.612. The Hall–Kier alpha value is -3.07. The Morgan fingerprint density at radius 2 is 2.12 bits per heavy atom. The topological polar surface area (TPSA) is 78.2 Å². The Bertz CT molecular complexity index is 849. The fraction of sp³-hybridized carbons (Fsp3) is 0.316. The van der Waals surface area contributed by atoms with Crippen LogP contribution in [0.3, 0.4) is 0 Å². The van der Waals surface area contributed by atoms with Crippen molar-refractivity contribution in [3.63, 3.8) is 0 Å². The zero-order valence-electron chi connectivity index (χ0n) is 14.5. The third-order valence-corrected chi connectivity index (χ3v) is 3.72. The molecule has 1 aliphatic rings. The van der Waals surface area contributed by atoms with Gasteiger partial charge in [-0.1, -0.05) is 6.07 Å². The van der Waals surface area contributed by atoms with Gasteiger partial charge in [-0.3, -0.25) is 4.90 Å². The maximum Gasteiger partial charge on any atom is 0.414 e. The molecule has 0 saturated carbocycles. The van der Waals surface area contributed by atoms with E-state index in [1.165, 1.54) is 0 Å². The van der Waals surface area contributed by atoms with Gasteiger partial charge in [0.25, 0.3) is 0 Å². The largest absolute Gasteiger partial charge is 0.443 e. The average Bonchev–Trinajstić information content (AvgIpc) is 2.97. The molecule has 1 amide bonds. The number of nitrogens with zero attached hydrogens (tertiary/aromatic N) is 3. The average molecular weight is 336 g/mol. The lowest BCUT2D eigenvalue weighted by Gasteiger charge is -2.24. The number of hydrogen-bond acceptors (Lipinski definition) is 5. The quantitative estimate of drug-likeness (QED) is 0.897. The Labute approximate surface area is 147 Å². The summed E-state index contributed by atoms with van der Waals surface area (Å²) in [4.78, 5) is 18.2. The summed E-state index contributed by atoms with van der Waals surface area (Å²) in [6.45, 7) is 6.18. The molecular weight excluding hydrogens is 316 g/mol. The van der Waals surface area contributed by atoms with Crippen molar-refractivity contribution < 1.29 is 9.53 Å². The number of carbonyl (C=O) groups is 1. The molecule has 0 radical (unpaired) electrons. The van der Waals surface area contributed by atoms with E-state index in [1.807, 2.05) is 45.0 Å². The van der Waals surface area contributed by atoms with Crippen LogP contribution in [0.4, 0.5) is 22.0 Å². The number of carbonyl (C=O) groups excluding carboxylic acids is 1. The molecular formula is C19H20N4O2. The predicted octanol–water partition coefficient (Wildman–Crippen LogP) is 3.99. The van der Waals surface area contributed by atoms with Gasteiger partial charge < -0.3 is 10.1 Å². The second kappa shape index (κ2) is 6.44. The van der Waals surface area contributed by atoms with Crippen molar-refractivity contribution >= 4 is 23.3 Å². The molecule has 0 saturated heterocycles. The fourth-order valence-electron chi connectivity index (χ4n) is 2.70. The zero-order valence-corrected chi connectivity index (χ0v) is 14.5. The number of aromatic nitrogens is 1. The summed E-state index contributed by atoms with van der Waals surface area (Å²) in [6.07, 6.45) is 0.450. The Kier molecular flexibility index (Phi) is 4.32. The highest BCUT2D eigenvalue weighted by atomic mass is 16.6. The highest BCUT2D eigenvalue weighted by molar-refractivity contribution is 5.91. The van der Waals surface area contributed by atoms with E-state index >= 15 is 0 Å². The molecule has 1 aromatic carbocycles. The molecule has 3 rings (SSSR count). The summed E-state index contributed by atoms with van der Waals surface area (Å²) in [6, 6.07) is 13.1. The zero-order chi connectivity index (χ0) is 18.0. The first-order valence-electron chi connectivity index (χ1n) is 8.13. The number of pyridine rings is 1.